The van der Waals surface area contributed by atoms with Crippen molar-refractivity contribution in [3.05, 3.63) is 138 Å². The summed E-state index contributed by atoms with van der Waals surface area (Å²) in [6.07, 6.45) is -4.01. The fourth-order valence-corrected chi connectivity index (χ4v) is 5.97. The van der Waals surface area contributed by atoms with Gasteiger partial charge < -0.3 is 23.7 Å². The third kappa shape index (κ3) is 6.36. The van der Waals surface area contributed by atoms with Gasteiger partial charge in [0.1, 0.15) is 17.6 Å². The van der Waals surface area contributed by atoms with Crippen LogP contribution in [0.5, 0.6) is 0 Å². The van der Waals surface area contributed by atoms with Gasteiger partial charge in [-0.25, -0.2) is 9.59 Å². The fourth-order valence-electron chi connectivity index (χ4n) is 4.85. The van der Waals surface area contributed by atoms with Gasteiger partial charge in [-0.2, -0.15) is 0 Å². The van der Waals surface area contributed by atoms with Crippen LogP contribution in [0.15, 0.2) is 126 Å². The van der Waals surface area contributed by atoms with Crippen molar-refractivity contribution < 1.29 is 33.3 Å². The molecule has 6 atom stereocenters. The first-order valence-electron chi connectivity index (χ1n) is 13.4. The van der Waals surface area contributed by atoms with Crippen LogP contribution in [-0.4, -0.2) is 48.4 Å². The number of hydrogen-bond acceptors (Lipinski definition) is 8. The average Bonchev–Trinajstić information content (AvgIpc) is 3.04. The van der Waals surface area contributed by atoms with E-state index in [2.05, 4.69) is 0 Å². The van der Waals surface area contributed by atoms with Crippen molar-refractivity contribution in [2.75, 3.05) is 6.61 Å². The molecule has 4 aromatic carbocycles. The van der Waals surface area contributed by atoms with E-state index in [4.69, 9.17) is 23.7 Å². The number of benzene rings is 4. The smallest absolute Gasteiger partial charge is 0.338 e. The molecule has 2 saturated heterocycles. The van der Waals surface area contributed by atoms with Crippen molar-refractivity contribution in [3.63, 3.8) is 0 Å². The highest BCUT2D eigenvalue weighted by Crippen LogP contribution is 2.41. The van der Waals surface area contributed by atoms with Crippen LogP contribution in [0.1, 0.15) is 32.6 Å². The lowest BCUT2D eigenvalue weighted by Gasteiger charge is -2.48. The van der Waals surface area contributed by atoms with E-state index >= 15 is 0 Å². The van der Waals surface area contributed by atoms with Gasteiger partial charge in [-0.1, -0.05) is 96.7 Å². The van der Waals surface area contributed by atoms with Gasteiger partial charge in [0, 0.05) is 10.5 Å². The third-order valence-corrected chi connectivity index (χ3v) is 8.01. The van der Waals surface area contributed by atoms with Crippen LogP contribution < -0.4 is 0 Å². The van der Waals surface area contributed by atoms with E-state index in [-0.39, 0.29) is 6.61 Å². The summed E-state index contributed by atoms with van der Waals surface area (Å²) >= 11 is 1.39. The molecule has 0 aliphatic carbocycles. The zero-order valence-corrected chi connectivity index (χ0v) is 22.8. The molecule has 208 valence electrons. The second-order valence-corrected chi connectivity index (χ2v) is 10.8. The highest BCUT2D eigenvalue weighted by Gasteiger charge is 2.54. The molecule has 2 fully saturated rings. The molecule has 7 nitrogen and oxygen atoms in total. The van der Waals surface area contributed by atoms with Crippen molar-refractivity contribution in [2.24, 2.45) is 0 Å². The largest absolute Gasteiger partial charge is 0.452 e. The predicted octanol–water partition coefficient (Wildman–Crippen LogP) is 6.07. The van der Waals surface area contributed by atoms with Gasteiger partial charge in [-0.3, -0.25) is 0 Å². The third-order valence-electron chi connectivity index (χ3n) is 6.86. The summed E-state index contributed by atoms with van der Waals surface area (Å²) < 4.78 is 31.2. The summed E-state index contributed by atoms with van der Waals surface area (Å²) in [5, 5.41) is 0. The molecule has 2 heterocycles. The summed E-state index contributed by atoms with van der Waals surface area (Å²) in [6.45, 7) is 0.203. The maximum Gasteiger partial charge on any atom is 0.338 e. The Bertz CT molecular complexity index is 1440. The second kappa shape index (κ2) is 12.7. The van der Waals surface area contributed by atoms with E-state index in [0.29, 0.717) is 11.1 Å². The van der Waals surface area contributed by atoms with E-state index < -0.39 is 48.1 Å². The average molecular weight is 569 g/mol. The lowest BCUT2D eigenvalue weighted by Crippen LogP contribution is -2.63. The van der Waals surface area contributed by atoms with Gasteiger partial charge in [0.2, 0.25) is 0 Å². The lowest BCUT2D eigenvalue weighted by atomic mass is 9.98. The van der Waals surface area contributed by atoms with Crippen LogP contribution in [0.25, 0.3) is 0 Å². The van der Waals surface area contributed by atoms with E-state index in [0.717, 1.165) is 10.5 Å². The van der Waals surface area contributed by atoms with E-state index in [1.807, 2.05) is 72.8 Å². The van der Waals surface area contributed by atoms with Crippen molar-refractivity contribution in [1.29, 1.82) is 0 Å². The number of fused-ring (bicyclic) bond motifs is 1. The van der Waals surface area contributed by atoms with Crippen molar-refractivity contribution in [2.45, 2.75) is 41.0 Å². The minimum Gasteiger partial charge on any atom is -0.452 e. The van der Waals surface area contributed by atoms with Gasteiger partial charge in [0.05, 0.1) is 17.7 Å². The number of hydrogen-bond donors (Lipinski definition) is 0. The number of ether oxygens (including phenoxy) is 5. The Morgan fingerprint density at radius 2 is 1.15 bits per heavy atom. The Labute approximate surface area is 242 Å². The number of esters is 2. The zero-order chi connectivity index (χ0) is 28.0. The topological polar surface area (TPSA) is 80.3 Å². The molecular formula is C33H28O7S. The Balaban J connectivity index is 1.36. The Kier molecular flexibility index (Phi) is 8.44. The first-order valence-corrected chi connectivity index (χ1v) is 14.2. The van der Waals surface area contributed by atoms with Crippen molar-refractivity contribution >= 4 is 23.7 Å². The van der Waals surface area contributed by atoms with Gasteiger partial charge in [0.15, 0.2) is 18.5 Å². The molecule has 6 rings (SSSR count). The highest BCUT2D eigenvalue weighted by atomic mass is 32.2. The van der Waals surface area contributed by atoms with Crippen LogP contribution in [0.2, 0.25) is 0 Å². The second-order valence-electron chi connectivity index (χ2n) is 9.62. The highest BCUT2D eigenvalue weighted by molar-refractivity contribution is 7.99. The quantitative estimate of drug-likeness (QED) is 0.249. The molecule has 4 aromatic rings. The molecular weight excluding hydrogens is 540 g/mol. The summed E-state index contributed by atoms with van der Waals surface area (Å²) in [6, 6.07) is 36.6. The van der Waals surface area contributed by atoms with Crippen molar-refractivity contribution in [3.8, 4) is 0 Å². The molecule has 0 saturated carbocycles. The van der Waals surface area contributed by atoms with Gasteiger partial charge in [-0.15, -0.1) is 0 Å². The maximum atomic E-state index is 13.4. The summed E-state index contributed by atoms with van der Waals surface area (Å²) in [7, 11) is 0. The van der Waals surface area contributed by atoms with Crippen LogP contribution in [0, 0.1) is 0 Å². The molecule has 0 amide bonds. The van der Waals surface area contributed by atoms with E-state index in [1.165, 1.54) is 11.8 Å². The standard InChI is InChI=1S/C33H28O7S/c34-30(22-13-5-1-6-14-22)38-28-27-26(21-36-32(40-27)24-17-9-3-10-18-24)37-33(41-25-19-11-4-12-20-25)29(28)39-31(35)23-15-7-2-8-16-23/h1-20,26-29,32-33H,21H2/t26?,27-,28?,29?,32?,33+/m1/s1. The van der Waals surface area contributed by atoms with Crippen LogP contribution >= 0.6 is 11.8 Å². The first kappa shape index (κ1) is 27.2. The molecule has 0 N–H and O–H groups in total. The Morgan fingerprint density at radius 1 is 0.634 bits per heavy atom. The minimum absolute atomic E-state index is 0.203. The van der Waals surface area contributed by atoms with Crippen molar-refractivity contribution in [1.82, 2.24) is 0 Å². The number of carbonyl (C=O) groups is 2. The van der Waals surface area contributed by atoms with Crippen LogP contribution in [-0.2, 0) is 23.7 Å². The van der Waals surface area contributed by atoms with E-state index in [1.54, 1.807) is 48.5 Å². The molecule has 0 spiro atoms. The Hall–Kier alpha value is -3.95. The molecule has 2 aliphatic heterocycles. The normalized spacial score (nSPS) is 25.5. The van der Waals surface area contributed by atoms with Crippen LogP contribution in [0.3, 0.4) is 0 Å². The number of thioether (sulfide) groups is 1. The molecule has 8 heteroatoms. The van der Waals surface area contributed by atoms with Gasteiger partial charge in [-0.05, 0) is 36.4 Å². The summed E-state index contributed by atoms with van der Waals surface area (Å²) in [5.74, 6) is -1.10. The van der Waals surface area contributed by atoms with E-state index in [9.17, 15) is 9.59 Å². The molecule has 4 unspecified atom stereocenters. The maximum absolute atomic E-state index is 13.4. The minimum atomic E-state index is -0.989. The number of rotatable bonds is 7. The van der Waals surface area contributed by atoms with Gasteiger partial charge >= 0.3 is 11.9 Å². The molecule has 0 aromatic heterocycles. The lowest BCUT2D eigenvalue weighted by molar-refractivity contribution is -0.317. The molecule has 2 aliphatic rings. The monoisotopic (exact) mass is 568 g/mol. The molecule has 41 heavy (non-hydrogen) atoms. The molecule has 0 bridgehead atoms. The fraction of sp³-hybridized carbons (Fsp3) is 0.212. The van der Waals surface area contributed by atoms with Crippen LogP contribution in [0.4, 0.5) is 0 Å². The Morgan fingerprint density at radius 3 is 1.73 bits per heavy atom. The number of carbonyl (C=O) groups excluding carboxylic acids is 2. The SMILES string of the molecule is O=C(OC1C(OC(=O)c2ccccc2)[C@H](Sc2ccccc2)OC2COC(c3ccccc3)O[C@H]21)c1ccccc1. The molecule has 0 radical (unpaired) electrons. The van der Waals surface area contributed by atoms with Gasteiger partial charge in [0.25, 0.3) is 0 Å². The first-order chi connectivity index (χ1) is 20.2. The predicted molar refractivity (Wildman–Crippen MR) is 152 cm³/mol. The zero-order valence-electron chi connectivity index (χ0n) is 22.0. The summed E-state index contributed by atoms with van der Waals surface area (Å²) in [4.78, 5) is 27.7. The summed E-state index contributed by atoms with van der Waals surface area (Å²) in [5.41, 5.74) is 0.863.